The van der Waals surface area contributed by atoms with Crippen molar-refractivity contribution in [1.29, 1.82) is 0 Å². The third-order valence-corrected chi connectivity index (χ3v) is 5.14. The van der Waals surface area contributed by atoms with Crippen molar-refractivity contribution < 1.29 is 13.2 Å². The van der Waals surface area contributed by atoms with Gasteiger partial charge < -0.3 is 4.74 Å². The van der Waals surface area contributed by atoms with Crippen molar-refractivity contribution in [3.05, 3.63) is 58.1 Å². The van der Waals surface area contributed by atoms with Gasteiger partial charge in [-0.2, -0.15) is 0 Å². The molecule has 0 bridgehead atoms. The summed E-state index contributed by atoms with van der Waals surface area (Å²) >= 11 is 11.6. The molecule has 0 radical (unpaired) electrons. The van der Waals surface area contributed by atoms with Crippen LogP contribution in [-0.2, 0) is 10.0 Å². The Balaban J connectivity index is 1.93. The second kappa shape index (κ2) is 7.33. The molecule has 4 nitrogen and oxygen atoms in total. The van der Waals surface area contributed by atoms with Crippen molar-refractivity contribution in [3.63, 3.8) is 0 Å². The number of hydrogen-bond acceptors (Lipinski definition) is 3. The normalized spacial score (nSPS) is 11.4. The number of nitrogens with one attached hydrogen (secondary N) is 1. The van der Waals surface area contributed by atoms with Crippen molar-refractivity contribution >= 4 is 33.2 Å². The fourth-order valence-electron chi connectivity index (χ4n) is 1.78. The smallest absolute Gasteiger partial charge is 0.240 e. The maximum Gasteiger partial charge on any atom is 0.240 e. The maximum atomic E-state index is 12.1. The lowest BCUT2D eigenvalue weighted by molar-refractivity contribution is 0.320. The molecular weight excluding hydrogens is 345 g/mol. The Morgan fingerprint density at radius 2 is 1.82 bits per heavy atom. The summed E-state index contributed by atoms with van der Waals surface area (Å²) in [7, 11) is -3.64. The molecule has 0 aliphatic carbocycles. The van der Waals surface area contributed by atoms with Crippen molar-refractivity contribution in [1.82, 2.24) is 4.72 Å². The summed E-state index contributed by atoms with van der Waals surface area (Å²) < 4.78 is 32.2. The molecule has 0 saturated heterocycles. The molecule has 2 rings (SSSR count). The van der Waals surface area contributed by atoms with Gasteiger partial charge in [-0.15, -0.1) is 0 Å². The summed E-state index contributed by atoms with van der Waals surface area (Å²) in [5.41, 5.74) is 0.995. The van der Waals surface area contributed by atoms with E-state index in [1.54, 1.807) is 0 Å². The van der Waals surface area contributed by atoms with Crippen LogP contribution >= 0.6 is 23.2 Å². The number of para-hydroxylation sites is 1. The van der Waals surface area contributed by atoms with E-state index in [1.165, 1.54) is 18.2 Å². The number of rotatable bonds is 6. The van der Waals surface area contributed by atoms with E-state index in [9.17, 15) is 8.42 Å². The van der Waals surface area contributed by atoms with E-state index in [4.69, 9.17) is 27.9 Å². The van der Waals surface area contributed by atoms with Gasteiger partial charge >= 0.3 is 0 Å². The van der Waals surface area contributed by atoms with Crippen molar-refractivity contribution in [3.8, 4) is 5.75 Å². The highest BCUT2D eigenvalue weighted by Gasteiger charge is 2.14. The Bertz CT molecular complexity index is 763. The van der Waals surface area contributed by atoms with E-state index < -0.39 is 10.0 Å². The largest absolute Gasteiger partial charge is 0.492 e. The van der Waals surface area contributed by atoms with Crippen molar-refractivity contribution in [2.45, 2.75) is 11.8 Å². The SMILES string of the molecule is Cc1ccccc1OCCNS(=O)(=O)c1ccc(Cl)c(Cl)c1. The molecule has 0 aromatic heterocycles. The molecular formula is C15H15Cl2NO3S. The molecule has 2 aromatic rings. The fourth-order valence-corrected chi connectivity index (χ4v) is 3.18. The second-order valence-corrected chi connectivity index (χ2v) is 7.17. The van der Waals surface area contributed by atoms with Crippen LogP contribution in [0.5, 0.6) is 5.75 Å². The predicted octanol–water partition coefficient (Wildman–Crippen LogP) is 3.66. The standard InChI is InChI=1S/C15H15Cl2NO3S/c1-11-4-2-3-5-15(11)21-9-8-18-22(19,20)12-6-7-13(16)14(17)10-12/h2-7,10,18H,8-9H2,1H3. The molecule has 0 unspecified atom stereocenters. The van der Waals surface area contributed by atoms with Crippen LogP contribution in [-0.4, -0.2) is 21.6 Å². The minimum atomic E-state index is -3.64. The molecule has 7 heteroatoms. The number of halogens is 2. The maximum absolute atomic E-state index is 12.1. The summed E-state index contributed by atoms with van der Waals surface area (Å²) in [6.07, 6.45) is 0. The van der Waals surface area contributed by atoms with Gasteiger partial charge in [-0.1, -0.05) is 41.4 Å². The third-order valence-electron chi connectivity index (χ3n) is 2.95. The lowest BCUT2D eigenvalue weighted by Gasteiger charge is -2.10. The fraction of sp³-hybridized carbons (Fsp3) is 0.200. The Morgan fingerprint density at radius 1 is 1.09 bits per heavy atom. The average molecular weight is 360 g/mol. The molecule has 2 aromatic carbocycles. The Labute approximate surface area is 140 Å². The predicted molar refractivity (Wildman–Crippen MR) is 88.3 cm³/mol. The van der Waals surface area contributed by atoms with Gasteiger partial charge in [0.05, 0.1) is 14.9 Å². The summed E-state index contributed by atoms with van der Waals surface area (Å²) in [6.45, 7) is 2.30. The minimum absolute atomic E-state index is 0.0674. The molecule has 0 aliphatic heterocycles. The Morgan fingerprint density at radius 3 is 2.50 bits per heavy atom. The monoisotopic (exact) mass is 359 g/mol. The summed E-state index contributed by atoms with van der Waals surface area (Å²) in [6, 6.07) is 11.7. The number of hydrogen-bond donors (Lipinski definition) is 1. The molecule has 0 fully saturated rings. The second-order valence-electron chi connectivity index (χ2n) is 4.59. The van der Waals surface area contributed by atoms with Crippen molar-refractivity contribution in [2.24, 2.45) is 0 Å². The minimum Gasteiger partial charge on any atom is -0.492 e. The van der Waals surface area contributed by atoms with Crippen LogP contribution in [0.4, 0.5) is 0 Å². The van der Waals surface area contributed by atoms with Crippen LogP contribution in [0.15, 0.2) is 47.4 Å². The number of sulfonamides is 1. The van der Waals surface area contributed by atoms with Gasteiger partial charge in [-0.25, -0.2) is 13.1 Å². The summed E-state index contributed by atoms with van der Waals surface area (Å²) in [4.78, 5) is 0.0674. The lowest BCUT2D eigenvalue weighted by Crippen LogP contribution is -2.28. The van der Waals surface area contributed by atoms with E-state index in [0.29, 0.717) is 5.02 Å². The molecule has 0 amide bonds. The third kappa shape index (κ3) is 4.36. The Hall–Kier alpha value is -1.27. The van der Waals surface area contributed by atoms with Gasteiger partial charge in [0.15, 0.2) is 0 Å². The van der Waals surface area contributed by atoms with Crippen LogP contribution in [0.25, 0.3) is 0 Å². The molecule has 1 N–H and O–H groups in total. The highest BCUT2D eigenvalue weighted by atomic mass is 35.5. The van der Waals surface area contributed by atoms with Crippen molar-refractivity contribution in [2.75, 3.05) is 13.2 Å². The zero-order chi connectivity index (χ0) is 16.2. The van der Waals surface area contributed by atoms with Crippen LogP contribution in [0.2, 0.25) is 10.0 Å². The molecule has 0 heterocycles. The highest BCUT2D eigenvalue weighted by molar-refractivity contribution is 7.89. The van der Waals surface area contributed by atoms with Gasteiger partial charge in [-0.05, 0) is 36.8 Å². The van der Waals surface area contributed by atoms with Gasteiger partial charge in [0.2, 0.25) is 10.0 Å². The van der Waals surface area contributed by atoms with Gasteiger partial charge in [0.1, 0.15) is 12.4 Å². The van der Waals surface area contributed by atoms with Crippen LogP contribution < -0.4 is 9.46 Å². The van der Waals surface area contributed by atoms with Gasteiger partial charge in [0, 0.05) is 6.54 Å². The zero-order valence-electron chi connectivity index (χ0n) is 11.8. The number of benzene rings is 2. The first-order chi connectivity index (χ1) is 10.4. The van der Waals surface area contributed by atoms with E-state index in [0.717, 1.165) is 11.3 Å². The Kier molecular flexibility index (Phi) is 5.69. The highest BCUT2D eigenvalue weighted by Crippen LogP contribution is 2.24. The molecule has 22 heavy (non-hydrogen) atoms. The average Bonchev–Trinajstić information content (AvgIpc) is 2.48. The number of ether oxygens (including phenoxy) is 1. The molecule has 0 aliphatic rings. The molecule has 0 spiro atoms. The van der Waals surface area contributed by atoms with Crippen LogP contribution in [0, 0.1) is 6.92 Å². The first kappa shape index (κ1) is 17.1. The molecule has 0 atom stereocenters. The van der Waals surface area contributed by atoms with Crippen LogP contribution in [0.3, 0.4) is 0 Å². The van der Waals surface area contributed by atoms with Crippen LogP contribution in [0.1, 0.15) is 5.56 Å². The quantitative estimate of drug-likeness (QED) is 0.800. The number of aryl methyl sites for hydroxylation is 1. The van der Waals surface area contributed by atoms with E-state index in [-0.39, 0.29) is 23.1 Å². The first-order valence-corrected chi connectivity index (χ1v) is 8.77. The zero-order valence-corrected chi connectivity index (χ0v) is 14.2. The lowest BCUT2D eigenvalue weighted by atomic mass is 10.2. The van der Waals surface area contributed by atoms with E-state index >= 15 is 0 Å². The molecule has 118 valence electrons. The summed E-state index contributed by atoms with van der Waals surface area (Å²) in [5.74, 6) is 0.733. The first-order valence-electron chi connectivity index (χ1n) is 6.53. The van der Waals surface area contributed by atoms with E-state index in [1.807, 2.05) is 31.2 Å². The van der Waals surface area contributed by atoms with Gasteiger partial charge in [-0.3, -0.25) is 0 Å². The molecule has 0 saturated carbocycles. The van der Waals surface area contributed by atoms with E-state index in [2.05, 4.69) is 4.72 Å². The summed E-state index contributed by atoms with van der Waals surface area (Å²) in [5, 5.41) is 0.504. The van der Waals surface area contributed by atoms with Gasteiger partial charge in [0.25, 0.3) is 0 Å². The topological polar surface area (TPSA) is 55.4 Å².